The fourth-order valence-corrected chi connectivity index (χ4v) is 7.53. The molecule has 2 saturated carbocycles. The highest BCUT2D eigenvalue weighted by atomic mass is 16.1. The first-order valence-electron chi connectivity index (χ1n) is 11.0. The van der Waals surface area contributed by atoms with Gasteiger partial charge in [0.1, 0.15) is 0 Å². The molecule has 0 aromatic carbocycles. The van der Waals surface area contributed by atoms with E-state index in [1.165, 1.54) is 42.4 Å². The van der Waals surface area contributed by atoms with Crippen LogP contribution in [-0.2, 0) is 4.79 Å². The SMILES string of the molecule is CC1CC2C3CC=C(c4cccnc4)C3(C)CCC2C2(C)CCNC(=O)C=C12. The molecular weight excluding hydrogens is 344 g/mol. The molecular formula is C25H32N2O. The van der Waals surface area contributed by atoms with E-state index in [1.54, 1.807) is 0 Å². The Kier molecular flexibility index (Phi) is 4.08. The van der Waals surface area contributed by atoms with Crippen LogP contribution in [0.25, 0.3) is 5.57 Å². The Bertz CT molecular complexity index is 857. The van der Waals surface area contributed by atoms with Crippen LogP contribution < -0.4 is 5.32 Å². The fraction of sp³-hybridized carbons (Fsp3) is 0.600. The summed E-state index contributed by atoms with van der Waals surface area (Å²) >= 11 is 0. The molecule has 0 spiro atoms. The maximum absolute atomic E-state index is 12.2. The molecule has 6 unspecified atom stereocenters. The van der Waals surface area contributed by atoms with E-state index < -0.39 is 0 Å². The van der Waals surface area contributed by atoms with Gasteiger partial charge in [0.05, 0.1) is 0 Å². The first-order chi connectivity index (χ1) is 13.4. The number of hydrogen-bond acceptors (Lipinski definition) is 2. The summed E-state index contributed by atoms with van der Waals surface area (Å²) in [7, 11) is 0. The van der Waals surface area contributed by atoms with Gasteiger partial charge in [-0.3, -0.25) is 9.78 Å². The zero-order chi connectivity index (χ0) is 19.5. The lowest BCUT2D eigenvalue weighted by Crippen LogP contribution is -2.51. The van der Waals surface area contributed by atoms with Crippen LogP contribution in [0.2, 0.25) is 0 Å². The van der Waals surface area contributed by atoms with Gasteiger partial charge in [-0.25, -0.2) is 0 Å². The lowest BCUT2D eigenvalue weighted by molar-refractivity contribution is -0.116. The maximum Gasteiger partial charge on any atom is 0.243 e. The molecule has 1 aromatic rings. The minimum Gasteiger partial charge on any atom is -0.353 e. The predicted octanol–water partition coefficient (Wildman–Crippen LogP) is 5.01. The van der Waals surface area contributed by atoms with E-state index >= 15 is 0 Å². The van der Waals surface area contributed by atoms with E-state index in [-0.39, 0.29) is 16.7 Å². The van der Waals surface area contributed by atoms with Crippen molar-refractivity contribution in [2.45, 2.75) is 52.9 Å². The summed E-state index contributed by atoms with van der Waals surface area (Å²) in [6, 6.07) is 4.29. The molecule has 3 aliphatic carbocycles. The van der Waals surface area contributed by atoms with Crippen molar-refractivity contribution in [1.29, 1.82) is 0 Å². The number of nitrogens with one attached hydrogen (secondary N) is 1. The van der Waals surface area contributed by atoms with Crippen LogP contribution in [0.1, 0.15) is 58.4 Å². The third-order valence-electron chi connectivity index (χ3n) is 8.86. The van der Waals surface area contributed by atoms with Crippen molar-refractivity contribution in [3.63, 3.8) is 0 Å². The molecule has 28 heavy (non-hydrogen) atoms. The second kappa shape index (κ2) is 6.30. The number of amides is 1. The third kappa shape index (κ3) is 2.47. The molecule has 0 bridgehead atoms. The number of rotatable bonds is 1. The number of allylic oxidation sites excluding steroid dienone is 3. The summed E-state index contributed by atoms with van der Waals surface area (Å²) in [6.45, 7) is 8.14. The summed E-state index contributed by atoms with van der Waals surface area (Å²) in [5.74, 6) is 2.78. The highest BCUT2D eigenvalue weighted by Crippen LogP contribution is 2.66. The highest BCUT2D eigenvalue weighted by Gasteiger charge is 2.58. The third-order valence-corrected chi connectivity index (χ3v) is 8.86. The molecule has 0 saturated heterocycles. The Balaban J connectivity index is 1.51. The lowest BCUT2D eigenvalue weighted by atomic mass is 9.46. The Morgan fingerprint density at radius 2 is 2.04 bits per heavy atom. The Hall–Kier alpha value is -1.90. The van der Waals surface area contributed by atoms with Gasteiger partial charge in [0.2, 0.25) is 5.91 Å². The van der Waals surface area contributed by atoms with Gasteiger partial charge in [-0.15, -0.1) is 0 Å². The van der Waals surface area contributed by atoms with Crippen LogP contribution >= 0.6 is 0 Å². The quantitative estimate of drug-likeness (QED) is 0.748. The van der Waals surface area contributed by atoms with Gasteiger partial charge in [-0.05, 0) is 83.8 Å². The molecule has 1 aromatic heterocycles. The molecule has 3 nitrogen and oxygen atoms in total. The van der Waals surface area contributed by atoms with Crippen LogP contribution in [0.3, 0.4) is 0 Å². The van der Waals surface area contributed by atoms with Crippen molar-refractivity contribution >= 4 is 11.5 Å². The van der Waals surface area contributed by atoms with E-state index in [0.717, 1.165) is 18.9 Å². The van der Waals surface area contributed by atoms with Gasteiger partial charge < -0.3 is 5.32 Å². The molecule has 2 fully saturated rings. The first kappa shape index (κ1) is 18.1. The number of hydrogen-bond donors (Lipinski definition) is 1. The van der Waals surface area contributed by atoms with Crippen LogP contribution in [0, 0.1) is 34.5 Å². The maximum atomic E-state index is 12.2. The smallest absolute Gasteiger partial charge is 0.243 e. The normalized spacial score (nSPS) is 42.3. The standard InChI is InChI=1S/C25H32N2O/c1-16-13-18-20-7-6-19(17-5-4-11-26-15-17)24(20,2)9-8-21(18)25(3)10-12-27-23(28)14-22(16)25/h4-6,11,14-16,18,20-21H,7-10,12-13H2,1-3H3,(H,27,28). The zero-order valence-electron chi connectivity index (χ0n) is 17.4. The second-order valence-corrected chi connectivity index (χ2v) is 10.1. The number of carbonyl (C=O) groups is 1. The zero-order valence-corrected chi connectivity index (χ0v) is 17.4. The van der Waals surface area contributed by atoms with Crippen LogP contribution in [0.5, 0.6) is 0 Å². The lowest BCUT2D eigenvalue weighted by Gasteiger charge is -2.58. The predicted molar refractivity (Wildman–Crippen MR) is 112 cm³/mol. The van der Waals surface area contributed by atoms with Crippen molar-refractivity contribution in [2.75, 3.05) is 6.54 Å². The number of nitrogens with zero attached hydrogens (tertiary/aromatic N) is 1. The highest BCUT2D eigenvalue weighted by molar-refractivity contribution is 5.89. The van der Waals surface area contributed by atoms with E-state index in [1.807, 2.05) is 18.5 Å². The molecule has 4 aliphatic rings. The van der Waals surface area contributed by atoms with Gasteiger partial charge in [0.15, 0.2) is 0 Å². The van der Waals surface area contributed by atoms with Crippen LogP contribution in [0.15, 0.2) is 42.3 Å². The van der Waals surface area contributed by atoms with Gasteiger partial charge in [0, 0.05) is 25.0 Å². The van der Waals surface area contributed by atoms with Gasteiger partial charge in [0.25, 0.3) is 0 Å². The van der Waals surface area contributed by atoms with E-state index in [2.05, 4.69) is 49.3 Å². The number of pyridine rings is 1. The largest absolute Gasteiger partial charge is 0.353 e. The Morgan fingerprint density at radius 3 is 2.82 bits per heavy atom. The number of aromatic nitrogens is 1. The van der Waals surface area contributed by atoms with Crippen molar-refractivity contribution in [3.8, 4) is 0 Å². The first-order valence-corrected chi connectivity index (χ1v) is 11.0. The van der Waals surface area contributed by atoms with Gasteiger partial charge >= 0.3 is 0 Å². The molecule has 3 heteroatoms. The van der Waals surface area contributed by atoms with Gasteiger partial charge in [-0.2, -0.15) is 0 Å². The molecule has 0 radical (unpaired) electrons. The number of fused-ring (bicyclic) bond motifs is 5. The molecule has 5 rings (SSSR count). The van der Waals surface area contributed by atoms with Crippen molar-refractivity contribution in [3.05, 3.63) is 47.8 Å². The second-order valence-electron chi connectivity index (χ2n) is 10.1. The minimum absolute atomic E-state index is 0.117. The molecule has 1 amide bonds. The van der Waals surface area contributed by atoms with Crippen molar-refractivity contribution in [1.82, 2.24) is 10.3 Å². The molecule has 2 heterocycles. The number of carbonyl (C=O) groups excluding carboxylic acids is 1. The molecule has 6 atom stereocenters. The summed E-state index contributed by atoms with van der Waals surface area (Å²) in [6.07, 6.45) is 14.4. The van der Waals surface area contributed by atoms with Crippen molar-refractivity contribution in [2.24, 2.45) is 34.5 Å². The minimum atomic E-state index is 0.117. The Labute approximate surface area is 168 Å². The van der Waals surface area contributed by atoms with Gasteiger partial charge in [-0.1, -0.05) is 38.5 Å². The van der Waals surface area contributed by atoms with Crippen molar-refractivity contribution < 1.29 is 4.79 Å². The monoisotopic (exact) mass is 376 g/mol. The van der Waals surface area contributed by atoms with E-state index in [9.17, 15) is 4.79 Å². The fourth-order valence-electron chi connectivity index (χ4n) is 7.53. The Morgan fingerprint density at radius 1 is 1.18 bits per heavy atom. The average Bonchev–Trinajstić information content (AvgIpc) is 2.94. The van der Waals surface area contributed by atoms with Crippen LogP contribution in [0.4, 0.5) is 0 Å². The summed E-state index contributed by atoms with van der Waals surface area (Å²) in [5, 5.41) is 3.09. The molecule has 1 aliphatic heterocycles. The molecule has 1 N–H and O–H groups in total. The molecule has 148 valence electrons. The summed E-state index contributed by atoms with van der Waals surface area (Å²) < 4.78 is 0. The van der Waals surface area contributed by atoms with Crippen LogP contribution in [-0.4, -0.2) is 17.4 Å². The van der Waals surface area contributed by atoms with E-state index in [0.29, 0.717) is 17.8 Å². The summed E-state index contributed by atoms with van der Waals surface area (Å²) in [4.78, 5) is 16.6. The topological polar surface area (TPSA) is 42.0 Å². The average molecular weight is 377 g/mol. The summed E-state index contributed by atoms with van der Waals surface area (Å²) in [5.41, 5.74) is 4.69. The van der Waals surface area contributed by atoms with E-state index in [4.69, 9.17) is 0 Å².